The van der Waals surface area contributed by atoms with Gasteiger partial charge in [0.25, 0.3) is 5.91 Å². The number of anilines is 1. The van der Waals surface area contributed by atoms with Gasteiger partial charge in [-0.15, -0.1) is 6.58 Å². The first-order chi connectivity index (χ1) is 9.27. The van der Waals surface area contributed by atoms with E-state index >= 15 is 0 Å². The van der Waals surface area contributed by atoms with Gasteiger partial charge in [0.05, 0.1) is 0 Å². The standard InChI is InChI=1S/C16H22N2O/c1-3-11-18(12-4-2)16(19)14-7-5-9-15-13(14)8-6-10-17-15/h3,5,7,9,17H,1,4,6,8,10-12H2,2H3. The molecule has 0 saturated heterocycles. The summed E-state index contributed by atoms with van der Waals surface area (Å²) in [6, 6.07) is 5.96. The van der Waals surface area contributed by atoms with Crippen LogP contribution in [0.1, 0.15) is 35.7 Å². The Morgan fingerprint density at radius 2 is 2.37 bits per heavy atom. The van der Waals surface area contributed by atoms with E-state index in [-0.39, 0.29) is 5.91 Å². The van der Waals surface area contributed by atoms with E-state index < -0.39 is 0 Å². The molecule has 2 rings (SSSR count). The molecule has 0 bridgehead atoms. The quantitative estimate of drug-likeness (QED) is 0.823. The third-order valence-electron chi connectivity index (χ3n) is 3.46. The molecule has 19 heavy (non-hydrogen) atoms. The maximum absolute atomic E-state index is 12.6. The van der Waals surface area contributed by atoms with Crippen molar-refractivity contribution in [2.45, 2.75) is 26.2 Å². The van der Waals surface area contributed by atoms with Crippen molar-refractivity contribution < 1.29 is 4.79 Å². The van der Waals surface area contributed by atoms with Crippen LogP contribution >= 0.6 is 0 Å². The van der Waals surface area contributed by atoms with Gasteiger partial charge in [0, 0.05) is 30.9 Å². The first kappa shape index (κ1) is 13.7. The van der Waals surface area contributed by atoms with Crippen molar-refractivity contribution in [1.29, 1.82) is 0 Å². The van der Waals surface area contributed by atoms with E-state index in [1.807, 2.05) is 17.0 Å². The molecule has 1 aromatic carbocycles. The summed E-state index contributed by atoms with van der Waals surface area (Å²) < 4.78 is 0. The van der Waals surface area contributed by atoms with Crippen molar-refractivity contribution in [2.24, 2.45) is 0 Å². The molecule has 1 heterocycles. The molecule has 0 aliphatic carbocycles. The van der Waals surface area contributed by atoms with Crippen LogP contribution in [0.5, 0.6) is 0 Å². The highest BCUT2D eigenvalue weighted by molar-refractivity contribution is 5.97. The fourth-order valence-electron chi connectivity index (χ4n) is 2.58. The molecule has 1 amide bonds. The van der Waals surface area contributed by atoms with Gasteiger partial charge in [0.1, 0.15) is 0 Å². The summed E-state index contributed by atoms with van der Waals surface area (Å²) in [5, 5.41) is 3.37. The van der Waals surface area contributed by atoms with Gasteiger partial charge >= 0.3 is 0 Å². The van der Waals surface area contributed by atoms with Crippen LogP contribution in [0.15, 0.2) is 30.9 Å². The number of hydrogen-bond donors (Lipinski definition) is 1. The second-order valence-electron chi connectivity index (χ2n) is 4.90. The second-order valence-corrected chi connectivity index (χ2v) is 4.90. The van der Waals surface area contributed by atoms with Crippen LogP contribution in [0.3, 0.4) is 0 Å². The molecule has 0 atom stereocenters. The number of benzene rings is 1. The van der Waals surface area contributed by atoms with E-state index in [2.05, 4.69) is 24.9 Å². The molecule has 0 saturated carbocycles. The minimum Gasteiger partial charge on any atom is -0.385 e. The van der Waals surface area contributed by atoms with Gasteiger partial charge in [0.15, 0.2) is 0 Å². The summed E-state index contributed by atoms with van der Waals surface area (Å²) in [7, 11) is 0. The minimum absolute atomic E-state index is 0.127. The number of amides is 1. The fourth-order valence-corrected chi connectivity index (χ4v) is 2.58. The number of nitrogens with zero attached hydrogens (tertiary/aromatic N) is 1. The van der Waals surface area contributed by atoms with E-state index in [1.165, 1.54) is 5.56 Å². The SMILES string of the molecule is C=CCN(CCC)C(=O)c1cccc2c1CCCN2. The van der Waals surface area contributed by atoms with Crippen molar-refractivity contribution in [1.82, 2.24) is 4.90 Å². The Labute approximate surface area is 115 Å². The zero-order valence-corrected chi connectivity index (χ0v) is 11.6. The third-order valence-corrected chi connectivity index (χ3v) is 3.46. The maximum Gasteiger partial charge on any atom is 0.254 e. The lowest BCUT2D eigenvalue weighted by atomic mass is 9.96. The number of carbonyl (C=O) groups is 1. The van der Waals surface area contributed by atoms with Gasteiger partial charge < -0.3 is 10.2 Å². The molecule has 102 valence electrons. The van der Waals surface area contributed by atoms with Gasteiger partial charge in [-0.25, -0.2) is 0 Å². The maximum atomic E-state index is 12.6. The first-order valence-electron chi connectivity index (χ1n) is 7.03. The van der Waals surface area contributed by atoms with Crippen LogP contribution in [-0.4, -0.2) is 30.4 Å². The average Bonchev–Trinajstić information content (AvgIpc) is 2.46. The number of carbonyl (C=O) groups excluding carboxylic acids is 1. The largest absolute Gasteiger partial charge is 0.385 e. The highest BCUT2D eigenvalue weighted by Crippen LogP contribution is 2.26. The van der Waals surface area contributed by atoms with Crippen molar-refractivity contribution in [3.8, 4) is 0 Å². The van der Waals surface area contributed by atoms with Crippen LogP contribution in [-0.2, 0) is 6.42 Å². The zero-order valence-electron chi connectivity index (χ0n) is 11.6. The molecule has 3 heteroatoms. The van der Waals surface area contributed by atoms with Crippen LogP contribution in [0.25, 0.3) is 0 Å². The third kappa shape index (κ3) is 2.98. The number of fused-ring (bicyclic) bond motifs is 1. The van der Waals surface area contributed by atoms with Crippen molar-refractivity contribution >= 4 is 11.6 Å². The van der Waals surface area contributed by atoms with Gasteiger partial charge in [-0.2, -0.15) is 0 Å². The van der Waals surface area contributed by atoms with E-state index in [9.17, 15) is 4.79 Å². The fraction of sp³-hybridized carbons (Fsp3) is 0.438. The van der Waals surface area contributed by atoms with Gasteiger partial charge in [-0.3, -0.25) is 4.79 Å². The summed E-state index contributed by atoms with van der Waals surface area (Å²) >= 11 is 0. The lowest BCUT2D eigenvalue weighted by Crippen LogP contribution is -2.33. The second kappa shape index (κ2) is 6.41. The lowest BCUT2D eigenvalue weighted by molar-refractivity contribution is 0.0773. The molecule has 0 aromatic heterocycles. The molecular formula is C16H22N2O. The summed E-state index contributed by atoms with van der Waals surface area (Å²) in [5.41, 5.74) is 3.14. The number of nitrogens with one attached hydrogen (secondary N) is 1. The van der Waals surface area contributed by atoms with Crippen LogP contribution in [0, 0.1) is 0 Å². The Kier molecular flexibility index (Phi) is 4.61. The van der Waals surface area contributed by atoms with Gasteiger partial charge in [-0.1, -0.05) is 19.1 Å². The highest BCUT2D eigenvalue weighted by atomic mass is 16.2. The normalized spacial score (nSPS) is 13.3. The Balaban J connectivity index is 2.29. The van der Waals surface area contributed by atoms with Crippen LogP contribution in [0.2, 0.25) is 0 Å². The smallest absolute Gasteiger partial charge is 0.254 e. The molecule has 1 aliphatic rings. The van der Waals surface area contributed by atoms with Crippen molar-refractivity contribution in [3.63, 3.8) is 0 Å². The topological polar surface area (TPSA) is 32.3 Å². The van der Waals surface area contributed by atoms with Gasteiger partial charge in [0.2, 0.25) is 0 Å². The first-order valence-corrected chi connectivity index (χ1v) is 7.03. The average molecular weight is 258 g/mol. The molecular weight excluding hydrogens is 236 g/mol. The predicted molar refractivity (Wildman–Crippen MR) is 79.6 cm³/mol. The van der Waals surface area contributed by atoms with Crippen LogP contribution < -0.4 is 5.32 Å². The predicted octanol–water partition coefficient (Wildman–Crippen LogP) is 3.08. The van der Waals surface area contributed by atoms with E-state index in [0.717, 1.165) is 43.6 Å². The summed E-state index contributed by atoms with van der Waals surface area (Å²) in [4.78, 5) is 14.5. The van der Waals surface area contributed by atoms with E-state index in [0.29, 0.717) is 6.54 Å². The van der Waals surface area contributed by atoms with Crippen molar-refractivity contribution in [2.75, 3.05) is 25.0 Å². The monoisotopic (exact) mass is 258 g/mol. The minimum atomic E-state index is 0.127. The molecule has 1 aromatic rings. The van der Waals surface area contributed by atoms with Crippen molar-refractivity contribution in [3.05, 3.63) is 42.0 Å². The Morgan fingerprint density at radius 1 is 1.53 bits per heavy atom. The van der Waals surface area contributed by atoms with E-state index in [4.69, 9.17) is 0 Å². The molecule has 3 nitrogen and oxygen atoms in total. The van der Waals surface area contributed by atoms with Gasteiger partial charge in [-0.05, 0) is 37.0 Å². The molecule has 0 radical (unpaired) electrons. The molecule has 0 fully saturated rings. The summed E-state index contributed by atoms with van der Waals surface area (Å²) in [6.07, 6.45) is 4.83. The number of rotatable bonds is 5. The van der Waals surface area contributed by atoms with E-state index in [1.54, 1.807) is 6.08 Å². The van der Waals surface area contributed by atoms with Crippen LogP contribution in [0.4, 0.5) is 5.69 Å². The zero-order chi connectivity index (χ0) is 13.7. The molecule has 1 aliphatic heterocycles. The Hall–Kier alpha value is -1.77. The highest BCUT2D eigenvalue weighted by Gasteiger charge is 2.20. The molecule has 0 spiro atoms. The summed E-state index contributed by atoms with van der Waals surface area (Å²) in [6.45, 7) is 8.22. The Morgan fingerprint density at radius 3 is 3.11 bits per heavy atom. The lowest BCUT2D eigenvalue weighted by Gasteiger charge is -2.25. The molecule has 1 N–H and O–H groups in total. The Bertz CT molecular complexity index is 468. The number of hydrogen-bond acceptors (Lipinski definition) is 2. The summed E-state index contributed by atoms with van der Waals surface area (Å²) in [5.74, 6) is 0.127. The molecule has 0 unspecified atom stereocenters.